The summed E-state index contributed by atoms with van der Waals surface area (Å²) < 4.78 is 15.9. The summed E-state index contributed by atoms with van der Waals surface area (Å²) in [4.78, 5) is 11.7. The quantitative estimate of drug-likeness (QED) is 0.190. The molecule has 0 aliphatic carbocycles. The zero-order valence-corrected chi connectivity index (χ0v) is 16.7. The van der Waals surface area contributed by atoms with Gasteiger partial charge < -0.3 is 4.57 Å². The summed E-state index contributed by atoms with van der Waals surface area (Å²) in [5.41, 5.74) is 3.42. The van der Waals surface area contributed by atoms with Gasteiger partial charge in [-0.1, -0.05) is 48.5 Å². The molecule has 4 rings (SSSR count). The summed E-state index contributed by atoms with van der Waals surface area (Å²) in [6.07, 6.45) is 0. The molecule has 0 bridgehead atoms. The van der Waals surface area contributed by atoms with Crippen molar-refractivity contribution in [2.24, 2.45) is 0 Å². The van der Waals surface area contributed by atoms with Crippen LogP contribution >= 0.6 is 22.6 Å². The topological polar surface area (TPSA) is 48.1 Å². The number of rotatable bonds is 4. The Labute approximate surface area is 174 Å². The first kappa shape index (κ1) is 18.4. The number of halogens is 2. The number of hydrogen-bond donors (Lipinski definition) is 0. The maximum absolute atomic E-state index is 13.5. The van der Waals surface area contributed by atoms with Crippen molar-refractivity contribution < 1.29 is 9.31 Å². The molecule has 0 radical (unpaired) electrons. The van der Waals surface area contributed by atoms with Crippen LogP contribution in [0.1, 0.15) is 0 Å². The molecule has 0 atom stereocenters. The van der Waals surface area contributed by atoms with Crippen molar-refractivity contribution in [2.45, 2.75) is 0 Å². The molecule has 0 N–H and O–H groups in total. The Kier molecular flexibility index (Phi) is 4.95. The van der Waals surface area contributed by atoms with Crippen LogP contribution in [0.15, 0.2) is 84.9 Å². The van der Waals surface area contributed by atoms with Crippen LogP contribution in [0.4, 0.5) is 10.1 Å². The summed E-state index contributed by atoms with van der Waals surface area (Å²) in [5, 5.41) is 12.0. The van der Waals surface area contributed by atoms with Crippen LogP contribution in [0.5, 0.6) is 0 Å². The molecular weight excluding hydrogens is 470 g/mol. The van der Waals surface area contributed by atoms with Crippen LogP contribution in [0.3, 0.4) is 0 Å². The molecule has 0 saturated heterocycles. The highest BCUT2D eigenvalue weighted by molar-refractivity contribution is 14.1. The van der Waals surface area contributed by atoms with Gasteiger partial charge in [-0.3, -0.25) is 10.1 Å². The molecule has 0 fully saturated rings. The van der Waals surface area contributed by atoms with E-state index in [1.165, 1.54) is 12.1 Å². The molecule has 0 aliphatic heterocycles. The minimum Gasteiger partial charge on any atom is -0.302 e. The van der Waals surface area contributed by atoms with E-state index in [2.05, 4.69) is 0 Å². The normalized spacial score (nSPS) is 10.8. The molecule has 3 aromatic carbocycles. The Morgan fingerprint density at radius 3 is 1.89 bits per heavy atom. The first-order chi connectivity index (χ1) is 13.6. The largest absolute Gasteiger partial charge is 0.309 e. The van der Waals surface area contributed by atoms with Gasteiger partial charge in [-0.2, -0.15) is 0 Å². The maximum atomic E-state index is 13.5. The molecule has 0 unspecified atom stereocenters. The Morgan fingerprint density at radius 1 is 0.786 bits per heavy atom. The van der Waals surface area contributed by atoms with E-state index in [1.54, 1.807) is 12.1 Å². The van der Waals surface area contributed by atoms with Crippen LogP contribution < -0.4 is 0 Å². The third-order valence-electron chi connectivity index (χ3n) is 4.45. The monoisotopic (exact) mass is 484 g/mol. The molecular formula is C22H14FIN2O2. The standard InChI is InChI=1S/C22H14FIN2O2/c23-17-13-11-16(12-14-17)21-22(26(27)28)19(24)20(15-7-3-1-4-8-15)25(21)18-9-5-2-6-10-18/h1-14H. The average Bonchev–Trinajstić information content (AvgIpc) is 3.03. The molecule has 0 aliphatic rings. The van der Waals surface area contributed by atoms with Gasteiger partial charge in [0, 0.05) is 11.3 Å². The van der Waals surface area contributed by atoms with Gasteiger partial charge in [-0.15, -0.1) is 0 Å². The van der Waals surface area contributed by atoms with Gasteiger partial charge in [0.15, 0.2) is 0 Å². The summed E-state index contributed by atoms with van der Waals surface area (Å²) >= 11 is 2.03. The van der Waals surface area contributed by atoms with Gasteiger partial charge in [0.2, 0.25) is 0 Å². The van der Waals surface area contributed by atoms with Crippen molar-refractivity contribution in [1.82, 2.24) is 4.57 Å². The third-order valence-corrected chi connectivity index (χ3v) is 5.47. The van der Waals surface area contributed by atoms with Crippen LogP contribution in [-0.4, -0.2) is 9.49 Å². The second-order valence-corrected chi connectivity index (χ2v) is 7.24. The highest BCUT2D eigenvalue weighted by atomic mass is 127. The van der Waals surface area contributed by atoms with E-state index in [1.807, 2.05) is 87.8 Å². The lowest BCUT2D eigenvalue weighted by Crippen LogP contribution is -2.00. The molecule has 4 nitrogen and oxygen atoms in total. The van der Waals surface area contributed by atoms with Crippen molar-refractivity contribution in [1.29, 1.82) is 0 Å². The van der Waals surface area contributed by atoms with E-state index in [9.17, 15) is 14.5 Å². The van der Waals surface area contributed by atoms with Gasteiger partial charge in [0.1, 0.15) is 15.1 Å². The number of hydrogen-bond acceptors (Lipinski definition) is 2. The van der Waals surface area contributed by atoms with Crippen molar-refractivity contribution in [2.75, 3.05) is 0 Å². The Hall–Kier alpha value is -3.00. The van der Waals surface area contributed by atoms with Crippen molar-refractivity contribution in [3.8, 4) is 28.2 Å². The fraction of sp³-hybridized carbons (Fsp3) is 0. The third kappa shape index (κ3) is 3.20. The SMILES string of the molecule is O=[N+]([O-])c1c(I)c(-c2ccccc2)n(-c2ccccc2)c1-c1ccc(F)cc1. The Morgan fingerprint density at radius 2 is 1.32 bits per heavy atom. The van der Waals surface area contributed by atoms with E-state index < -0.39 is 0 Å². The molecule has 1 heterocycles. The lowest BCUT2D eigenvalue weighted by Gasteiger charge is -2.13. The van der Waals surface area contributed by atoms with E-state index in [0.717, 1.165) is 16.9 Å². The fourth-order valence-corrected chi connectivity index (χ4v) is 4.26. The second-order valence-electron chi connectivity index (χ2n) is 6.16. The smallest absolute Gasteiger partial charge is 0.302 e. The minimum absolute atomic E-state index is 0.00918. The number of nitro groups is 1. The van der Waals surface area contributed by atoms with Gasteiger partial charge in [0.05, 0.1) is 10.6 Å². The van der Waals surface area contributed by atoms with Crippen LogP contribution in [-0.2, 0) is 0 Å². The second kappa shape index (κ2) is 7.55. The number of para-hydroxylation sites is 1. The number of benzene rings is 3. The van der Waals surface area contributed by atoms with Crippen LogP contribution in [0, 0.1) is 19.5 Å². The van der Waals surface area contributed by atoms with E-state index in [4.69, 9.17) is 0 Å². The minimum atomic E-state index is -0.387. The van der Waals surface area contributed by atoms with Gasteiger partial charge in [-0.05, 0) is 64.6 Å². The zero-order chi connectivity index (χ0) is 19.7. The molecule has 28 heavy (non-hydrogen) atoms. The summed E-state index contributed by atoms with van der Waals surface area (Å²) in [6.45, 7) is 0. The Balaban J connectivity index is 2.15. The van der Waals surface area contributed by atoms with E-state index >= 15 is 0 Å². The molecule has 138 valence electrons. The van der Waals surface area contributed by atoms with Crippen molar-refractivity contribution in [3.05, 3.63) is 104 Å². The van der Waals surface area contributed by atoms with Crippen molar-refractivity contribution >= 4 is 28.3 Å². The average molecular weight is 484 g/mol. The molecule has 4 aromatic rings. The number of nitrogens with zero attached hydrogens (tertiary/aromatic N) is 2. The van der Waals surface area contributed by atoms with Crippen LogP contribution in [0.25, 0.3) is 28.2 Å². The lowest BCUT2D eigenvalue weighted by atomic mass is 10.1. The number of aromatic nitrogens is 1. The van der Waals surface area contributed by atoms with Crippen molar-refractivity contribution in [3.63, 3.8) is 0 Å². The van der Waals surface area contributed by atoms with E-state index in [-0.39, 0.29) is 16.4 Å². The molecule has 0 amide bonds. The first-order valence-electron chi connectivity index (χ1n) is 8.53. The molecule has 0 saturated carbocycles. The predicted octanol–water partition coefficient (Wildman–Crippen LogP) is 6.46. The van der Waals surface area contributed by atoms with E-state index in [0.29, 0.717) is 14.8 Å². The van der Waals surface area contributed by atoms with Gasteiger partial charge >= 0.3 is 5.69 Å². The summed E-state index contributed by atoms with van der Waals surface area (Å²) in [7, 11) is 0. The van der Waals surface area contributed by atoms with Gasteiger partial charge in [0.25, 0.3) is 0 Å². The first-order valence-corrected chi connectivity index (χ1v) is 9.61. The molecule has 6 heteroatoms. The lowest BCUT2D eigenvalue weighted by molar-refractivity contribution is -0.384. The fourth-order valence-electron chi connectivity index (χ4n) is 3.26. The Bertz CT molecular complexity index is 1140. The molecule has 0 spiro atoms. The summed E-state index contributed by atoms with van der Waals surface area (Å²) in [5.74, 6) is -0.387. The highest BCUT2D eigenvalue weighted by Gasteiger charge is 2.32. The van der Waals surface area contributed by atoms with Gasteiger partial charge in [-0.25, -0.2) is 4.39 Å². The highest BCUT2D eigenvalue weighted by Crippen LogP contribution is 2.44. The van der Waals surface area contributed by atoms with Crippen LogP contribution in [0.2, 0.25) is 0 Å². The predicted molar refractivity (Wildman–Crippen MR) is 116 cm³/mol. The summed E-state index contributed by atoms with van der Waals surface area (Å²) in [6, 6.07) is 24.8. The zero-order valence-electron chi connectivity index (χ0n) is 14.5. The molecule has 1 aromatic heterocycles. The maximum Gasteiger partial charge on any atom is 0.309 e.